The minimum Gasteiger partial charge on any atom is -0.393 e. The number of halogens is 2. The molecule has 2 saturated carbocycles. The minimum absolute atomic E-state index is 0.0401. The summed E-state index contributed by atoms with van der Waals surface area (Å²) in [6.45, 7) is 5.29. The number of benzene rings is 1. The Morgan fingerprint density at radius 3 is 2.59 bits per heavy atom. The number of aliphatic hydroxyl groups excluding tert-OH is 1. The van der Waals surface area contributed by atoms with E-state index in [2.05, 4.69) is 19.2 Å². The van der Waals surface area contributed by atoms with Crippen LogP contribution in [0.5, 0.6) is 0 Å². The third-order valence-corrected chi connectivity index (χ3v) is 8.24. The molecule has 8 heteroatoms. The zero-order chi connectivity index (χ0) is 23.1. The monoisotopic (exact) mass is 452 g/mol. The molecule has 178 valence electrons. The van der Waals surface area contributed by atoms with Crippen molar-refractivity contribution in [2.75, 3.05) is 13.2 Å². The van der Waals surface area contributed by atoms with Gasteiger partial charge in [0, 0.05) is 31.0 Å². The Balaban J connectivity index is 1.46. The molecular formula is C24H34F2N2O4. The van der Waals surface area contributed by atoms with Crippen molar-refractivity contribution in [3.05, 3.63) is 35.4 Å². The number of nitrogens with one attached hydrogen (secondary N) is 1. The normalized spacial score (nSPS) is 39.1. The second kappa shape index (κ2) is 8.97. The molecule has 1 heterocycles. The smallest absolute Gasteiger partial charge is 0.220 e. The van der Waals surface area contributed by atoms with Crippen LogP contribution in [0.15, 0.2) is 18.2 Å². The quantitative estimate of drug-likeness (QED) is 0.639. The van der Waals surface area contributed by atoms with Crippen molar-refractivity contribution in [2.24, 2.45) is 28.4 Å². The summed E-state index contributed by atoms with van der Waals surface area (Å²) in [5, 5.41) is 13.6. The summed E-state index contributed by atoms with van der Waals surface area (Å²) in [5.41, 5.74) is 5.66. The highest BCUT2D eigenvalue weighted by molar-refractivity contribution is 5.76. The predicted octanol–water partition coefficient (Wildman–Crippen LogP) is 2.86. The summed E-state index contributed by atoms with van der Waals surface area (Å²) in [7, 11) is 0. The van der Waals surface area contributed by atoms with Crippen LogP contribution in [0, 0.1) is 34.3 Å². The molecule has 0 aromatic heterocycles. The topological polar surface area (TPSA) is 93.8 Å². The third kappa shape index (κ3) is 4.30. The van der Waals surface area contributed by atoms with Gasteiger partial charge < -0.3 is 25.6 Å². The number of carbonyl (C=O) groups is 1. The molecule has 1 aromatic carbocycles. The number of fused-ring (bicyclic) bond motifs is 3. The van der Waals surface area contributed by atoms with Crippen molar-refractivity contribution in [1.29, 1.82) is 0 Å². The Bertz CT molecular complexity index is 835. The minimum atomic E-state index is -0.675. The first-order valence-corrected chi connectivity index (χ1v) is 11.5. The molecule has 3 aliphatic rings. The van der Waals surface area contributed by atoms with Gasteiger partial charge in [-0.05, 0) is 60.6 Å². The van der Waals surface area contributed by atoms with Crippen molar-refractivity contribution in [2.45, 2.75) is 71.0 Å². The van der Waals surface area contributed by atoms with Crippen molar-refractivity contribution in [3.8, 4) is 0 Å². The van der Waals surface area contributed by atoms with Crippen molar-refractivity contribution >= 4 is 5.91 Å². The van der Waals surface area contributed by atoms with Gasteiger partial charge in [0.1, 0.15) is 11.6 Å². The molecule has 1 saturated heterocycles. The van der Waals surface area contributed by atoms with E-state index >= 15 is 0 Å². The van der Waals surface area contributed by atoms with Gasteiger partial charge in [-0.1, -0.05) is 13.8 Å². The van der Waals surface area contributed by atoms with E-state index in [0.717, 1.165) is 25.3 Å². The average Bonchev–Trinajstić information content (AvgIpc) is 2.73. The molecule has 0 radical (unpaired) electrons. The highest BCUT2D eigenvalue weighted by Gasteiger charge is 2.61. The fourth-order valence-corrected chi connectivity index (χ4v) is 6.60. The Morgan fingerprint density at radius 2 is 1.91 bits per heavy atom. The van der Waals surface area contributed by atoms with Crippen LogP contribution in [0.4, 0.5) is 8.78 Å². The number of nitrogens with two attached hydrogens (primary N) is 1. The molecule has 1 amide bonds. The van der Waals surface area contributed by atoms with Gasteiger partial charge in [-0.2, -0.15) is 0 Å². The van der Waals surface area contributed by atoms with E-state index < -0.39 is 17.7 Å². The summed E-state index contributed by atoms with van der Waals surface area (Å²) in [6, 6.07) is 3.21. The summed E-state index contributed by atoms with van der Waals surface area (Å²) >= 11 is 0. The zero-order valence-electron chi connectivity index (χ0n) is 18.8. The average molecular weight is 453 g/mol. The van der Waals surface area contributed by atoms with Gasteiger partial charge in [0.05, 0.1) is 18.8 Å². The molecule has 2 aliphatic carbocycles. The number of aliphatic hydroxyl groups is 1. The number of hydrogen-bond donors (Lipinski definition) is 3. The molecule has 7 unspecified atom stereocenters. The van der Waals surface area contributed by atoms with E-state index in [1.165, 1.54) is 12.1 Å². The van der Waals surface area contributed by atoms with Crippen LogP contribution in [0.2, 0.25) is 0 Å². The van der Waals surface area contributed by atoms with Crippen LogP contribution < -0.4 is 11.1 Å². The van der Waals surface area contributed by atoms with E-state index in [0.29, 0.717) is 25.1 Å². The molecule has 0 spiro atoms. The fourth-order valence-electron chi connectivity index (χ4n) is 6.60. The van der Waals surface area contributed by atoms with Gasteiger partial charge in [0.25, 0.3) is 0 Å². The Kier molecular flexibility index (Phi) is 6.60. The van der Waals surface area contributed by atoms with Gasteiger partial charge in [-0.3, -0.25) is 4.79 Å². The predicted molar refractivity (Wildman–Crippen MR) is 114 cm³/mol. The van der Waals surface area contributed by atoms with E-state index in [-0.39, 0.29) is 53.9 Å². The van der Waals surface area contributed by atoms with E-state index in [4.69, 9.17) is 15.2 Å². The molecule has 32 heavy (non-hydrogen) atoms. The number of rotatable bonds is 5. The van der Waals surface area contributed by atoms with Crippen LogP contribution in [-0.4, -0.2) is 42.7 Å². The Labute approximate surface area is 187 Å². The van der Waals surface area contributed by atoms with Gasteiger partial charge in [-0.15, -0.1) is 0 Å². The van der Waals surface area contributed by atoms with Crippen LogP contribution in [0.1, 0.15) is 51.5 Å². The van der Waals surface area contributed by atoms with Crippen molar-refractivity contribution in [1.82, 2.24) is 5.32 Å². The van der Waals surface area contributed by atoms with Crippen molar-refractivity contribution in [3.63, 3.8) is 0 Å². The lowest BCUT2D eigenvalue weighted by atomic mass is 9.46. The Hall–Kier alpha value is -1.61. The summed E-state index contributed by atoms with van der Waals surface area (Å²) < 4.78 is 38.9. The summed E-state index contributed by atoms with van der Waals surface area (Å²) in [5.74, 6) is -1.55. The molecule has 1 aliphatic heterocycles. The fraction of sp³-hybridized carbons (Fsp3) is 0.708. The van der Waals surface area contributed by atoms with Crippen molar-refractivity contribution < 1.29 is 28.2 Å². The van der Waals surface area contributed by atoms with Crippen LogP contribution in [0.3, 0.4) is 0 Å². The third-order valence-electron chi connectivity index (χ3n) is 8.24. The maximum atomic E-state index is 13.4. The molecule has 4 rings (SSSR count). The number of hydrogen-bond acceptors (Lipinski definition) is 5. The van der Waals surface area contributed by atoms with E-state index in [1.54, 1.807) is 0 Å². The molecule has 3 fully saturated rings. The SMILES string of the molecule is CC12COC(CN)OC1CCC1(C)C(CC(=O)NCc3cc(F)cc(F)c3)C(O)CCC21. The largest absolute Gasteiger partial charge is 0.393 e. The number of ether oxygens (including phenoxy) is 2. The summed E-state index contributed by atoms with van der Waals surface area (Å²) in [4.78, 5) is 12.8. The van der Waals surface area contributed by atoms with Gasteiger partial charge in [0.2, 0.25) is 5.91 Å². The molecule has 4 N–H and O–H groups in total. The summed E-state index contributed by atoms with van der Waals surface area (Å²) in [6.07, 6.45) is 2.42. The van der Waals surface area contributed by atoms with Crippen LogP contribution in [-0.2, 0) is 20.8 Å². The lowest BCUT2D eigenvalue weighted by Gasteiger charge is -2.62. The van der Waals surface area contributed by atoms with Gasteiger partial charge in [0.15, 0.2) is 6.29 Å². The lowest BCUT2D eigenvalue weighted by molar-refractivity contribution is -0.305. The maximum absolute atomic E-state index is 13.4. The number of carbonyl (C=O) groups excluding carboxylic acids is 1. The molecular weight excluding hydrogens is 418 g/mol. The van der Waals surface area contributed by atoms with E-state index in [1.807, 2.05) is 0 Å². The Morgan fingerprint density at radius 1 is 1.19 bits per heavy atom. The molecule has 7 atom stereocenters. The first-order valence-electron chi connectivity index (χ1n) is 11.5. The van der Waals surface area contributed by atoms with E-state index in [9.17, 15) is 18.7 Å². The molecule has 6 nitrogen and oxygen atoms in total. The molecule has 0 bridgehead atoms. The second-order valence-corrected chi connectivity index (χ2v) is 10.2. The van der Waals surface area contributed by atoms with Crippen LogP contribution >= 0.6 is 0 Å². The second-order valence-electron chi connectivity index (χ2n) is 10.2. The standard InChI is InChI=1S/C24H34F2N2O4/c1-23-6-5-20-24(2,13-31-22(11-27)32-20)19(23)4-3-18(29)17(23)10-21(30)28-12-14-7-15(25)9-16(26)8-14/h7-9,17-20,22,29H,3-6,10-13,27H2,1-2H3,(H,28,30). The first kappa shape index (κ1) is 23.5. The van der Waals surface area contributed by atoms with Gasteiger partial charge in [-0.25, -0.2) is 8.78 Å². The van der Waals surface area contributed by atoms with Crippen LogP contribution in [0.25, 0.3) is 0 Å². The first-order chi connectivity index (χ1) is 15.2. The van der Waals surface area contributed by atoms with Gasteiger partial charge >= 0.3 is 0 Å². The molecule has 1 aromatic rings. The number of amides is 1. The lowest BCUT2D eigenvalue weighted by Crippen LogP contribution is -2.63. The highest BCUT2D eigenvalue weighted by Crippen LogP contribution is 2.62. The maximum Gasteiger partial charge on any atom is 0.220 e. The highest BCUT2D eigenvalue weighted by atomic mass is 19.1. The zero-order valence-corrected chi connectivity index (χ0v) is 18.8.